The molecule has 7 amide bonds. The molecule has 3 aromatic carbocycles. The lowest BCUT2D eigenvalue weighted by Crippen LogP contribution is -2.62. The van der Waals surface area contributed by atoms with Gasteiger partial charge in [-0.05, 0) is 68.8 Å². The summed E-state index contributed by atoms with van der Waals surface area (Å²) >= 11 is 0. The third kappa shape index (κ3) is 20.6. The summed E-state index contributed by atoms with van der Waals surface area (Å²) < 4.78 is 31.7. The molecule has 0 saturated carbocycles. The highest BCUT2D eigenvalue weighted by Gasteiger charge is 2.39. The number of aromatic amines is 1. The Bertz CT molecular complexity index is 2620. The number of carboxylic acid groups (broad SMARTS) is 1. The SMILES string of the molecule is C[C@@H](O)[C@@H]1NC(=O)[C@H](CCCCN)NC(=O)[C@@H](Cc2c[nH]c3ccccc23)NC(=O)[C@H](Cc2ccccc2)NC(=O)[C@@H](NC(=O)[C@H](N)Cc2ccccc2)CSSC[C@@H](C(=O)N[C@H](CO)[C@@H](C)O)NC1=O.O=C(O)C(F)(F)F. The number of halogens is 3. The monoisotopic (exact) mass is 1130 g/mol. The third-order valence-corrected chi connectivity index (χ3v) is 14.5. The van der Waals surface area contributed by atoms with Crippen molar-refractivity contribution in [3.63, 3.8) is 0 Å². The number of carboxylic acids is 1. The van der Waals surface area contributed by atoms with Crippen LogP contribution in [0.25, 0.3) is 10.9 Å². The summed E-state index contributed by atoms with van der Waals surface area (Å²) in [5, 5.41) is 57.6. The van der Waals surface area contributed by atoms with Crippen LogP contribution in [0.5, 0.6) is 0 Å². The van der Waals surface area contributed by atoms with Crippen molar-refractivity contribution in [1.82, 2.24) is 42.2 Å². The van der Waals surface area contributed by atoms with Crippen LogP contribution in [0.2, 0.25) is 0 Å². The van der Waals surface area contributed by atoms with Crippen molar-refractivity contribution >= 4 is 79.8 Å². The Morgan fingerprint density at radius 1 is 0.731 bits per heavy atom. The molecule has 426 valence electrons. The van der Waals surface area contributed by atoms with Crippen LogP contribution >= 0.6 is 21.6 Å². The molecule has 5 rings (SSSR count). The van der Waals surface area contributed by atoms with Crippen LogP contribution in [0.15, 0.2) is 91.1 Å². The average molecular weight is 1130 g/mol. The van der Waals surface area contributed by atoms with Crippen molar-refractivity contribution in [2.45, 2.75) is 119 Å². The fraction of sp³-hybridized carbons (Fsp3) is 0.451. The fourth-order valence-electron chi connectivity index (χ4n) is 7.73. The first-order valence-corrected chi connectivity index (χ1v) is 27.2. The number of aliphatic carboxylic acids is 1. The molecule has 1 aromatic heterocycles. The number of aliphatic hydroxyl groups excluding tert-OH is 3. The number of H-pyrrole nitrogens is 1. The van der Waals surface area contributed by atoms with E-state index in [0.29, 0.717) is 24.0 Å². The molecule has 10 atom stereocenters. The first-order chi connectivity index (χ1) is 37.0. The maximum atomic E-state index is 14.7. The minimum absolute atomic E-state index is 0.0340. The Morgan fingerprint density at radius 2 is 1.28 bits per heavy atom. The van der Waals surface area contributed by atoms with Gasteiger partial charge in [0.15, 0.2) is 0 Å². The molecule has 0 radical (unpaired) electrons. The van der Waals surface area contributed by atoms with Gasteiger partial charge >= 0.3 is 12.1 Å². The first kappa shape index (κ1) is 63.8. The summed E-state index contributed by atoms with van der Waals surface area (Å²) in [6, 6.07) is 14.6. The number of alkyl halides is 3. The van der Waals surface area contributed by atoms with Crippen LogP contribution in [-0.2, 0) is 57.6 Å². The number of rotatable bonds is 17. The molecule has 4 aromatic rings. The number of aliphatic hydroxyl groups is 3. The molecule has 0 spiro atoms. The molecule has 16 N–H and O–H groups in total. The van der Waals surface area contributed by atoms with E-state index in [4.69, 9.17) is 21.4 Å². The first-order valence-electron chi connectivity index (χ1n) is 24.7. The number of fused-ring (bicyclic) bond motifs is 1. The molecular formula is C51H67F3N10O12S2. The molecule has 22 nitrogen and oxygen atoms in total. The maximum absolute atomic E-state index is 14.7. The number of unbranched alkanes of at least 4 members (excludes halogenated alkanes) is 1. The topological polar surface area (TPSA) is 370 Å². The van der Waals surface area contributed by atoms with Crippen LogP contribution in [0.4, 0.5) is 13.2 Å². The van der Waals surface area contributed by atoms with Crippen molar-refractivity contribution in [1.29, 1.82) is 0 Å². The van der Waals surface area contributed by atoms with Gasteiger partial charge in [-0.2, -0.15) is 13.2 Å². The number of aromatic nitrogens is 1. The van der Waals surface area contributed by atoms with Gasteiger partial charge in [-0.3, -0.25) is 33.6 Å². The Kier molecular flexibility index (Phi) is 25.8. The van der Waals surface area contributed by atoms with E-state index < -0.39 is 121 Å². The normalized spacial score (nSPS) is 21.8. The van der Waals surface area contributed by atoms with E-state index in [1.165, 1.54) is 13.8 Å². The van der Waals surface area contributed by atoms with Gasteiger partial charge in [-0.25, -0.2) is 4.79 Å². The largest absolute Gasteiger partial charge is 0.490 e. The summed E-state index contributed by atoms with van der Waals surface area (Å²) in [6.45, 7) is 2.23. The zero-order valence-electron chi connectivity index (χ0n) is 42.7. The van der Waals surface area contributed by atoms with Gasteiger partial charge in [-0.15, -0.1) is 0 Å². The number of benzene rings is 3. The zero-order valence-corrected chi connectivity index (χ0v) is 44.3. The number of hydrogen-bond donors (Lipinski definition) is 14. The van der Waals surface area contributed by atoms with Gasteiger partial charge in [0.2, 0.25) is 41.4 Å². The van der Waals surface area contributed by atoms with Crippen LogP contribution in [0.3, 0.4) is 0 Å². The molecule has 1 saturated heterocycles. The predicted molar refractivity (Wildman–Crippen MR) is 286 cm³/mol. The van der Waals surface area contributed by atoms with E-state index in [9.17, 15) is 62.1 Å². The molecule has 0 bridgehead atoms. The smallest absolute Gasteiger partial charge is 0.475 e. The molecule has 1 aliphatic heterocycles. The lowest BCUT2D eigenvalue weighted by molar-refractivity contribution is -0.192. The van der Waals surface area contributed by atoms with Crippen molar-refractivity contribution in [2.24, 2.45) is 11.5 Å². The number of amides is 7. The molecule has 0 unspecified atom stereocenters. The number of nitrogens with two attached hydrogens (primary N) is 2. The van der Waals surface area contributed by atoms with E-state index in [-0.39, 0.29) is 43.7 Å². The van der Waals surface area contributed by atoms with Crippen LogP contribution in [0, 0.1) is 0 Å². The number of carbonyl (C=O) groups excluding carboxylic acids is 7. The summed E-state index contributed by atoms with van der Waals surface area (Å²) in [6.07, 6.45) is -5.24. The quantitative estimate of drug-likeness (QED) is 0.0482. The predicted octanol–water partition coefficient (Wildman–Crippen LogP) is -0.172. The second-order valence-electron chi connectivity index (χ2n) is 18.3. The van der Waals surface area contributed by atoms with Gasteiger partial charge in [0.25, 0.3) is 0 Å². The van der Waals surface area contributed by atoms with E-state index in [2.05, 4.69) is 42.2 Å². The van der Waals surface area contributed by atoms with Gasteiger partial charge in [-0.1, -0.05) is 100 Å². The van der Waals surface area contributed by atoms with Crippen molar-refractivity contribution in [2.75, 3.05) is 24.7 Å². The highest BCUT2D eigenvalue weighted by Crippen LogP contribution is 2.24. The van der Waals surface area contributed by atoms with Crippen molar-refractivity contribution < 1.29 is 72.0 Å². The number of para-hydroxylation sites is 1. The second kappa shape index (κ2) is 31.6. The van der Waals surface area contributed by atoms with E-state index >= 15 is 0 Å². The van der Waals surface area contributed by atoms with Gasteiger partial charge in [0.05, 0.1) is 30.9 Å². The van der Waals surface area contributed by atoms with Gasteiger partial charge in [0.1, 0.15) is 36.3 Å². The number of nitrogens with one attached hydrogen (secondary N) is 8. The Morgan fingerprint density at radius 3 is 1.87 bits per heavy atom. The van der Waals surface area contributed by atoms with E-state index in [1.807, 2.05) is 30.3 Å². The molecule has 1 aliphatic rings. The Hall–Kier alpha value is -6.75. The summed E-state index contributed by atoms with van der Waals surface area (Å²) in [4.78, 5) is 112. The molecule has 1 fully saturated rings. The Labute approximate surface area is 455 Å². The third-order valence-electron chi connectivity index (χ3n) is 12.1. The van der Waals surface area contributed by atoms with Crippen molar-refractivity contribution in [3.05, 3.63) is 108 Å². The molecule has 0 aliphatic carbocycles. The van der Waals surface area contributed by atoms with Gasteiger partial charge in [0, 0.05) is 41.4 Å². The minimum atomic E-state index is -5.08. The van der Waals surface area contributed by atoms with Crippen LogP contribution in [0.1, 0.15) is 49.8 Å². The van der Waals surface area contributed by atoms with Crippen LogP contribution < -0.4 is 48.7 Å². The summed E-state index contributed by atoms with van der Waals surface area (Å²) in [7, 11) is 2.06. The molecule has 27 heteroatoms. The fourth-order valence-corrected chi connectivity index (χ4v) is 10.1. The van der Waals surface area contributed by atoms with Crippen molar-refractivity contribution in [3.8, 4) is 0 Å². The molecular weight excluding hydrogens is 1070 g/mol. The maximum Gasteiger partial charge on any atom is 0.490 e. The lowest BCUT2D eigenvalue weighted by atomic mass is 10.0. The summed E-state index contributed by atoms with van der Waals surface area (Å²) in [5.74, 6) is -8.77. The highest BCUT2D eigenvalue weighted by molar-refractivity contribution is 8.76. The minimum Gasteiger partial charge on any atom is -0.475 e. The zero-order chi connectivity index (χ0) is 57.5. The van der Waals surface area contributed by atoms with Crippen LogP contribution in [-0.4, -0.2) is 164 Å². The van der Waals surface area contributed by atoms with E-state index in [0.717, 1.165) is 38.1 Å². The average Bonchev–Trinajstić information content (AvgIpc) is 3.82. The molecule has 78 heavy (non-hydrogen) atoms. The van der Waals surface area contributed by atoms with Gasteiger partial charge < -0.3 is 74.1 Å². The second-order valence-corrected chi connectivity index (χ2v) is 20.8. The summed E-state index contributed by atoms with van der Waals surface area (Å²) in [5.41, 5.74) is 15.0. The Balaban J connectivity index is 0.00000175. The highest BCUT2D eigenvalue weighted by atomic mass is 33.1. The number of carbonyl (C=O) groups is 8. The number of hydrogen-bond acceptors (Lipinski definition) is 15. The molecule has 2 heterocycles. The lowest BCUT2D eigenvalue weighted by Gasteiger charge is -2.29. The standard InChI is InChI=1S/C49H66N10O10S2.C2HF3O2/c1-28(61)39(25-60)56-48(68)41-27-71-70-26-40(57-43(63)34(51)21-30-13-5-3-6-14-30)47(67)54-37(22-31-15-7-4-8-16-31)45(65)55-38(23-32-24-52-35-18-10-9-17-33(32)35)46(66)53-36(19-11-12-20-50)44(64)59-42(29(2)62)49(69)58-41;3-2(4,5)1(6)7/h3-10,13-18,24,28-29,34,36-42,52,60-62H,11-12,19-23,25-27,50-51H2,1-2H3,(H,53,66)(H,54,67)(H,55,65)(H,56,68)(H,57,63)(H,58,69)(H,59,64);(H,6,7)/t28-,29-,34-,36+,37+,38-,39-,40+,41+,42+;/m1./s1. The van der Waals surface area contributed by atoms with E-state index in [1.54, 1.807) is 60.8 Å².